The van der Waals surface area contributed by atoms with Gasteiger partial charge in [0.1, 0.15) is 11.6 Å². The molecule has 7 rings (SSSR count). The molecule has 4 aliphatic rings. The maximum absolute atomic E-state index is 14.4. The Hall–Kier alpha value is -4.01. The van der Waals surface area contributed by atoms with Crippen molar-refractivity contribution in [1.29, 1.82) is 0 Å². The molecule has 0 bridgehead atoms. The number of carbonyl (C=O) groups excluding carboxylic acids is 4. The lowest BCUT2D eigenvalue weighted by molar-refractivity contribution is -0.131. The van der Waals surface area contributed by atoms with E-state index in [1.807, 2.05) is 13.0 Å². The summed E-state index contributed by atoms with van der Waals surface area (Å²) < 4.78 is 14.0. The molecule has 7 nitrogen and oxygen atoms in total. The van der Waals surface area contributed by atoms with Gasteiger partial charge in [-0.2, -0.15) is 0 Å². The SMILES string of the molecule is Cc1ccc(N2C(=O)C3CC=C4C(CC5C(=O)N(c6ccc(F)c(Cl)c6)C(=O)C5(C)C4c4ccccc4O)C3C2=O)cc1Cl. The zero-order valence-corrected chi connectivity index (χ0v) is 25.3. The van der Waals surface area contributed by atoms with E-state index in [9.17, 15) is 28.7 Å². The number of carbonyl (C=O) groups is 4. The first-order valence-electron chi connectivity index (χ1n) is 14.4. The van der Waals surface area contributed by atoms with Crippen LogP contribution < -0.4 is 9.80 Å². The number of imide groups is 2. The summed E-state index contributed by atoms with van der Waals surface area (Å²) in [4.78, 5) is 58.7. The summed E-state index contributed by atoms with van der Waals surface area (Å²) in [6, 6.07) is 15.4. The average Bonchev–Trinajstić information content (AvgIpc) is 3.36. The Morgan fingerprint density at radius 2 is 1.55 bits per heavy atom. The van der Waals surface area contributed by atoms with Crippen molar-refractivity contribution in [2.24, 2.45) is 29.1 Å². The molecular formula is C34H27Cl2FN2O5. The summed E-state index contributed by atoms with van der Waals surface area (Å²) in [5.74, 6) is -6.07. The third-order valence-electron chi connectivity index (χ3n) is 10.1. The van der Waals surface area contributed by atoms with E-state index < -0.39 is 52.6 Å². The Kier molecular flexibility index (Phi) is 6.54. The first kappa shape index (κ1) is 28.7. The molecule has 2 aliphatic carbocycles. The minimum absolute atomic E-state index is 0.0468. The fourth-order valence-electron chi connectivity index (χ4n) is 7.94. The summed E-state index contributed by atoms with van der Waals surface area (Å²) in [6.45, 7) is 3.54. The number of phenolic OH excluding ortho intramolecular Hbond substituents is 1. The number of amides is 4. The average molecular weight is 634 g/mol. The van der Waals surface area contributed by atoms with Gasteiger partial charge < -0.3 is 5.11 Å². The smallest absolute Gasteiger partial charge is 0.241 e. The largest absolute Gasteiger partial charge is 0.508 e. The van der Waals surface area contributed by atoms with E-state index in [-0.39, 0.29) is 41.1 Å². The van der Waals surface area contributed by atoms with Gasteiger partial charge in [0, 0.05) is 16.5 Å². The Bertz CT molecular complexity index is 1840. The van der Waals surface area contributed by atoms with E-state index >= 15 is 0 Å². The zero-order chi connectivity index (χ0) is 31.2. The topological polar surface area (TPSA) is 95.0 Å². The molecule has 1 N–H and O–H groups in total. The van der Waals surface area contributed by atoms with Gasteiger partial charge >= 0.3 is 0 Å². The molecule has 10 heteroatoms. The fourth-order valence-corrected chi connectivity index (χ4v) is 8.29. The lowest BCUT2D eigenvalue weighted by atomic mass is 9.51. The Morgan fingerprint density at radius 1 is 0.864 bits per heavy atom. The van der Waals surface area contributed by atoms with E-state index in [0.29, 0.717) is 16.3 Å². The maximum Gasteiger partial charge on any atom is 0.241 e. The van der Waals surface area contributed by atoms with Crippen LogP contribution in [0.4, 0.5) is 15.8 Å². The fraction of sp³-hybridized carbons (Fsp3) is 0.294. The predicted molar refractivity (Wildman–Crippen MR) is 163 cm³/mol. The molecule has 3 aromatic carbocycles. The number of phenols is 1. The third kappa shape index (κ3) is 3.86. The molecule has 0 spiro atoms. The third-order valence-corrected chi connectivity index (χ3v) is 10.8. The molecule has 3 aromatic rings. The van der Waals surface area contributed by atoms with E-state index in [1.165, 1.54) is 23.1 Å². The highest BCUT2D eigenvalue weighted by molar-refractivity contribution is 6.32. The second kappa shape index (κ2) is 10.0. The number of anilines is 2. The molecule has 2 saturated heterocycles. The summed E-state index contributed by atoms with van der Waals surface area (Å²) in [6.07, 6.45) is 2.32. The van der Waals surface area contributed by atoms with Crippen molar-refractivity contribution in [3.05, 3.63) is 99.3 Å². The summed E-state index contributed by atoms with van der Waals surface area (Å²) in [5, 5.41) is 11.3. The van der Waals surface area contributed by atoms with Crippen molar-refractivity contribution in [2.75, 3.05) is 9.80 Å². The van der Waals surface area contributed by atoms with Crippen LogP contribution in [0.3, 0.4) is 0 Å². The van der Waals surface area contributed by atoms with Gasteiger partial charge in [0.2, 0.25) is 23.6 Å². The van der Waals surface area contributed by atoms with Crippen LogP contribution in [0.2, 0.25) is 10.0 Å². The second-order valence-electron chi connectivity index (χ2n) is 12.3. The van der Waals surface area contributed by atoms with Crippen molar-refractivity contribution in [3.8, 4) is 5.75 Å². The standard InChI is InChI=1S/C34H27Cl2FN2O5/c1-16-7-8-17(13-24(16)35)38-30(41)21-11-10-19-22(28(21)32(38)43)15-23-31(42)39(18-9-12-26(37)25(36)14-18)33(44)34(23,2)29(19)20-5-3-4-6-27(20)40/h3-10,12-14,21-23,28-29,40H,11,15H2,1-2H3. The number of hydrogen-bond donors (Lipinski definition) is 1. The minimum Gasteiger partial charge on any atom is -0.508 e. The Balaban J connectivity index is 1.36. The molecule has 6 unspecified atom stereocenters. The van der Waals surface area contributed by atoms with Crippen molar-refractivity contribution < 1.29 is 28.7 Å². The minimum atomic E-state index is -1.35. The van der Waals surface area contributed by atoms with Crippen LogP contribution in [0.15, 0.2) is 72.3 Å². The van der Waals surface area contributed by atoms with E-state index in [4.69, 9.17) is 23.2 Å². The lowest BCUT2D eigenvalue weighted by Crippen LogP contribution is -2.48. The van der Waals surface area contributed by atoms with Gasteiger partial charge in [-0.3, -0.25) is 19.2 Å². The van der Waals surface area contributed by atoms with Gasteiger partial charge in [-0.1, -0.05) is 59.1 Å². The molecule has 1 saturated carbocycles. The molecule has 44 heavy (non-hydrogen) atoms. The van der Waals surface area contributed by atoms with Crippen LogP contribution in [-0.2, 0) is 19.2 Å². The highest BCUT2D eigenvalue weighted by Gasteiger charge is 2.68. The summed E-state index contributed by atoms with van der Waals surface area (Å²) in [5.41, 5.74) is 1.19. The number of para-hydroxylation sites is 1. The van der Waals surface area contributed by atoms with Crippen LogP contribution in [0, 0.1) is 41.8 Å². The van der Waals surface area contributed by atoms with E-state index in [1.54, 1.807) is 43.3 Å². The normalized spacial score (nSPS) is 29.5. The number of aromatic hydroxyl groups is 1. The second-order valence-corrected chi connectivity index (χ2v) is 13.1. The van der Waals surface area contributed by atoms with Gasteiger partial charge in [0.15, 0.2) is 0 Å². The highest BCUT2D eigenvalue weighted by Crippen LogP contribution is 2.64. The van der Waals surface area contributed by atoms with Gasteiger partial charge in [-0.05, 0) is 74.6 Å². The summed E-state index contributed by atoms with van der Waals surface area (Å²) in [7, 11) is 0. The lowest BCUT2D eigenvalue weighted by Gasteiger charge is -2.49. The highest BCUT2D eigenvalue weighted by atomic mass is 35.5. The molecule has 3 fully saturated rings. The predicted octanol–water partition coefficient (Wildman–Crippen LogP) is 6.58. The number of aryl methyl sites for hydroxylation is 1. The number of halogens is 3. The van der Waals surface area contributed by atoms with Gasteiger partial charge in [0.05, 0.1) is 39.6 Å². The first-order valence-corrected chi connectivity index (χ1v) is 15.2. The first-order chi connectivity index (χ1) is 20.9. The molecule has 2 aliphatic heterocycles. The van der Waals surface area contributed by atoms with Crippen LogP contribution in [0.5, 0.6) is 5.75 Å². The van der Waals surface area contributed by atoms with E-state index in [2.05, 4.69) is 0 Å². The Labute approximate surface area is 262 Å². The maximum atomic E-state index is 14.4. The molecule has 4 amide bonds. The quantitative estimate of drug-likeness (QED) is 0.260. The number of fused-ring (bicyclic) bond motifs is 4. The van der Waals surface area contributed by atoms with Gasteiger partial charge in [-0.15, -0.1) is 0 Å². The number of nitrogens with zero attached hydrogens (tertiary/aromatic N) is 2. The van der Waals surface area contributed by atoms with Crippen LogP contribution in [0.25, 0.3) is 0 Å². The monoisotopic (exact) mass is 632 g/mol. The molecule has 0 radical (unpaired) electrons. The van der Waals surface area contributed by atoms with Crippen molar-refractivity contribution in [3.63, 3.8) is 0 Å². The zero-order valence-electron chi connectivity index (χ0n) is 23.8. The van der Waals surface area contributed by atoms with Crippen LogP contribution in [-0.4, -0.2) is 28.7 Å². The van der Waals surface area contributed by atoms with Crippen molar-refractivity contribution >= 4 is 58.2 Å². The van der Waals surface area contributed by atoms with Crippen molar-refractivity contribution in [1.82, 2.24) is 0 Å². The molecule has 0 aromatic heterocycles. The van der Waals surface area contributed by atoms with Crippen LogP contribution in [0.1, 0.15) is 36.8 Å². The van der Waals surface area contributed by atoms with Crippen molar-refractivity contribution in [2.45, 2.75) is 32.6 Å². The van der Waals surface area contributed by atoms with Gasteiger partial charge in [0.25, 0.3) is 0 Å². The molecule has 6 atom stereocenters. The number of allylic oxidation sites excluding steroid dienone is 2. The molecular weight excluding hydrogens is 606 g/mol. The number of hydrogen-bond acceptors (Lipinski definition) is 5. The number of benzene rings is 3. The number of rotatable bonds is 3. The molecule has 224 valence electrons. The Morgan fingerprint density at radius 3 is 2.25 bits per heavy atom. The summed E-state index contributed by atoms with van der Waals surface area (Å²) >= 11 is 12.4. The van der Waals surface area contributed by atoms with E-state index in [0.717, 1.165) is 22.1 Å². The molecule has 2 heterocycles. The van der Waals surface area contributed by atoms with Gasteiger partial charge in [-0.25, -0.2) is 14.2 Å². The van der Waals surface area contributed by atoms with Crippen LogP contribution >= 0.6 is 23.2 Å².